The lowest BCUT2D eigenvalue weighted by Gasteiger charge is -2.03. The predicted molar refractivity (Wildman–Crippen MR) is 60.7 cm³/mol. The maximum Gasteiger partial charge on any atom is 0.152 e. The molecule has 2 aromatic rings. The maximum atomic E-state index is 5.49. The van der Waals surface area contributed by atoms with Gasteiger partial charge in [0.1, 0.15) is 0 Å². The molecule has 0 atom stereocenters. The Bertz CT molecular complexity index is 423. The van der Waals surface area contributed by atoms with E-state index in [4.69, 9.17) is 5.73 Å². The van der Waals surface area contributed by atoms with E-state index in [1.807, 2.05) is 22.9 Å². The Morgan fingerprint density at radius 3 is 2.69 bits per heavy atom. The number of nitrogens with two attached hydrogens (primary N) is 1. The van der Waals surface area contributed by atoms with Crippen molar-refractivity contribution in [3.05, 3.63) is 41.7 Å². The van der Waals surface area contributed by atoms with Gasteiger partial charge in [-0.15, -0.1) is 5.10 Å². The van der Waals surface area contributed by atoms with Gasteiger partial charge in [0.15, 0.2) is 5.82 Å². The number of aryl methyl sites for hydroxylation is 2. The van der Waals surface area contributed by atoms with Crippen LogP contribution < -0.4 is 5.73 Å². The Kier molecular flexibility index (Phi) is 3.61. The van der Waals surface area contributed by atoms with E-state index in [1.54, 1.807) is 0 Å². The van der Waals surface area contributed by atoms with Crippen LogP contribution in [0.5, 0.6) is 0 Å². The molecular formula is C11H15N5. The largest absolute Gasteiger partial charge is 0.330 e. The van der Waals surface area contributed by atoms with Gasteiger partial charge in [0.25, 0.3) is 0 Å². The van der Waals surface area contributed by atoms with Crippen LogP contribution in [0.1, 0.15) is 11.4 Å². The van der Waals surface area contributed by atoms with Crippen molar-refractivity contribution in [1.82, 2.24) is 20.2 Å². The number of hydrogen-bond donors (Lipinski definition) is 1. The molecule has 0 bridgehead atoms. The second-order valence-corrected chi connectivity index (χ2v) is 3.59. The second-order valence-electron chi connectivity index (χ2n) is 3.59. The van der Waals surface area contributed by atoms with Gasteiger partial charge in [-0.1, -0.05) is 30.3 Å². The average Bonchev–Trinajstić information content (AvgIpc) is 2.76. The Labute approximate surface area is 94.3 Å². The van der Waals surface area contributed by atoms with E-state index < -0.39 is 0 Å². The number of tetrazole rings is 1. The molecule has 5 heteroatoms. The first kappa shape index (κ1) is 10.8. The zero-order valence-corrected chi connectivity index (χ0v) is 9.08. The molecule has 0 spiro atoms. The monoisotopic (exact) mass is 217 g/mol. The molecule has 0 aliphatic rings. The first-order chi connectivity index (χ1) is 7.90. The van der Waals surface area contributed by atoms with Gasteiger partial charge in [0, 0.05) is 13.0 Å². The van der Waals surface area contributed by atoms with Gasteiger partial charge in [-0.2, -0.15) is 0 Å². The van der Waals surface area contributed by atoms with Gasteiger partial charge >= 0.3 is 0 Å². The molecule has 0 amide bonds. The third-order valence-electron chi connectivity index (χ3n) is 2.43. The molecule has 1 aromatic heterocycles. The Morgan fingerprint density at radius 1 is 1.12 bits per heavy atom. The number of aromatic nitrogens is 4. The molecule has 0 radical (unpaired) electrons. The van der Waals surface area contributed by atoms with E-state index in [2.05, 4.69) is 27.7 Å². The summed E-state index contributed by atoms with van der Waals surface area (Å²) in [6, 6.07) is 10.3. The Morgan fingerprint density at radius 2 is 1.94 bits per heavy atom. The fraction of sp³-hybridized carbons (Fsp3) is 0.364. The number of rotatable bonds is 5. The topological polar surface area (TPSA) is 69.6 Å². The maximum absolute atomic E-state index is 5.49. The van der Waals surface area contributed by atoms with E-state index in [0.717, 1.165) is 25.2 Å². The summed E-state index contributed by atoms with van der Waals surface area (Å²) >= 11 is 0. The molecule has 0 unspecified atom stereocenters. The van der Waals surface area contributed by atoms with Crippen molar-refractivity contribution in [2.75, 3.05) is 6.54 Å². The zero-order valence-electron chi connectivity index (χ0n) is 9.08. The summed E-state index contributed by atoms with van der Waals surface area (Å²) in [4.78, 5) is 0. The molecule has 2 rings (SSSR count). The van der Waals surface area contributed by atoms with Crippen molar-refractivity contribution in [2.24, 2.45) is 5.73 Å². The second kappa shape index (κ2) is 5.37. The van der Waals surface area contributed by atoms with Crippen molar-refractivity contribution in [1.29, 1.82) is 0 Å². The lowest BCUT2D eigenvalue weighted by molar-refractivity contribution is 0.563. The number of benzene rings is 1. The van der Waals surface area contributed by atoms with E-state index >= 15 is 0 Å². The molecular weight excluding hydrogens is 202 g/mol. The molecule has 0 aliphatic carbocycles. The molecule has 0 aliphatic heterocycles. The number of hydrogen-bond acceptors (Lipinski definition) is 4. The quantitative estimate of drug-likeness (QED) is 0.788. The van der Waals surface area contributed by atoms with Crippen LogP contribution in [0.25, 0.3) is 0 Å². The number of nitrogens with zero attached hydrogens (tertiary/aromatic N) is 4. The van der Waals surface area contributed by atoms with Gasteiger partial charge in [0.2, 0.25) is 0 Å². The predicted octanol–water partition coefficient (Wildman–Crippen LogP) is 0.417. The molecule has 0 saturated carbocycles. The van der Waals surface area contributed by atoms with Crippen molar-refractivity contribution in [3.63, 3.8) is 0 Å². The molecule has 0 fully saturated rings. The first-order valence-electron chi connectivity index (χ1n) is 5.39. The summed E-state index contributed by atoms with van der Waals surface area (Å²) in [5.74, 6) is 0.860. The summed E-state index contributed by atoms with van der Waals surface area (Å²) in [6.45, 7) is 1.37. The molecule has 16 heavy (non-hydrogen) atoms. The molecule has 5 nitrogen and oxygen atoms in total. The van der Waals surface area contributed by atoms with E-state index in [-0.39, 0.29) is 0 Å². The SMILES string of the molecule is NCCc1nnnn1CCc1ccccc1. The van der Waals surface area contributed by atoms with Crippen molar-refractivity contribution < 1.29 is 0 Å². The van der Waals surface area contributed by atoms with Gasteiger partial charge in [-0.05, 0) is 29.0 Å². The van der Waals surface area contributed by atoms with Gasteiger partial charge in [0.05, 0.1) is 0 Å². The average molecular weight is 217 g/mol. The van der Waals surface area contributed by atoms with E-state index in [9.17, 15) is 0 Å². The first-order valence-corrected chi connectivity index (χ1v) is 5.39. The summed E-state index contributed by atoms with van der Waals surface area (Å²) in [7, 11) is 0. The summed E-state index contributed by atoms with van der Waals surface area (Å²) < 4.78 is 1.82. The highest BCUT2D eigenvalue weighted by Gasteiger charge is 2.04. The van der Waals surface area contributed by atoms with Crippen LogP contribution in [0.4, 0.5) is 0 Å². The van der Waals surface area contributed by atoms with Crippen LogP contribution in [-0.2, 0) is 19.4 Å². The molecule has 0 saturated heterocycles. The lowest BCUT2D eigenvalue weighted by atomic mass is 10.1. The van der Waals surface area contributed by atoms with Crippen LogP contribution in [0, 0.1) is 0 Å². The van der Waals surface area contributed by atoms with Crippen LogP contribution >= 0.6 is 0 Å². The van der Waals surface area contributed by atoms with Crippen molar-refractivity contribution >= 4 is 0 Å². The standard InChI is InChI=1S/C11H15N5/c12-8-6-11-13-14-15-16(11)9-7-10-4-2-1-3-5-10/h1-5H,6-9,12H2. The smallest absolute Gasteiger partial charge is 0.152 e. The minimum Gasteiger partial charge on any atom is -0.330 e. The molecule has 1 heterocycles. The Hall–Kier alpha value is -1.75. The third-order valence-corrected chi connectivity index (χ3v) is 2.43. The van der Waals surface area contributed by atoms with Gasteiger partial charge in [-0.25, -0.2) is 4.68 Å². The molecule has 84 valence electrons. The van der Waals surface area contributed by atoms with Crippen LogP contribution in [0.3, 0.4) is 0 Å². The normalized spacial score (nSPS) is 10.6. The van der Waals surface area contributed by atoms with E-state index in [0.29, 0.717) is 6.54 Å². The van der Waals surface area contributed by atoms with Crippen LogP contribution in [0.2, 0.25) is 0 Å². The minimum absolute atomic E-state index is 0.575. The third kappa shape index (κ3) is 2.64. The molecule has 1 aromatic carbocycles. The van der Waals surface area contributed by atoms with Gasteiger partial charge < -0.3 is 5.73 Å². The summed E-state index contributed by atoms with van der Waals surface area (Å²) in [5.41, 5.74) is 6.78. The van der Waals surface area contributed by atoms with Crippen LogP contribution in [-0.4, -0.2) is 26.8 Å². The van der Waals surface area contributed by atoms with Gasteiger partial charge in [-0.3, -0.25) is 0 Å². The van der Waals surface area contributed by atoms with Crippen LogP contribution in [0.15, 0.2) is 30.3 Å². The Balaban J connectivity index is 1.97. The fourth-order valence-electron chi connectivity index (χ4n) is 1.58. The highest BCUT2D eigenvalue weighted by atomic mass is 15.5. The zero-order chi connectivity index (χ0) is 11.2. The minimum atomic E-state index is 0.575. The lowest BCUT2D eigenvalue weighted by Crippen LogP contribution is -2.12. The van der Waals surface area contributed by atoms with E-state index in [1.165, 1.54) is 5.56 Å². The molecule has 2 N–H and O–H groups in total. The summed E-state index contributed by atoms with van der Waals surface area (Å²) in [6.07, 6.45) is 1.66. The highest BCUT2D eigenvalue weighted by molar-refractivity contribution is 5.14. The fourth-order valence-corrected chi connectivity index (χ4v) is 1.58. The van der Waals surface area contributed by atoms with Crippen molar-refractivity contribution in [2.45, 2.75) is 19.4 Å². The highest BCUT2D eigenvalue weighted by Crippen LogP contribution is 2.02. The van der Waals surface area contributed by atoms with Crippen molar-refractivity contribution in [3.8, 4) is 0 Å². The summed E-state index contributed by atoms with van der Waals surface area (Å²) in [5, 5.41) is 11.6.